The number of hydrogen-bond acceptors (Lipinski definition) is 7. The summed E-state index contributed by atoms with van der Waals surface area (Å²) >= 11 is 6.51. The maximum Gasteiger partial charge on any atom is 0.192 e. The van der Waals surface area contributed by atoms with Crippen LogP contribution in [0.15, 0.2) is 28.8 Å². The smallest absolute Gasteiger partial charge is 0.192 e. The summed E-state index contributed by atoms with van der Waals surface area (Å²) in [6.45, 7) is 18.0. The lowest BCUT2D eigenvalue weighted by atomic mass is 10.1. The molecule has 1 N–H and O–H groups in total. The van der Waals surface area contributed by atoms with Gasteiger partial charge in [-0.3, -0.25) is 0 Å². The van der Waals surface area contributed by atoms with E-state index in [0.29, 0.717) is 29.9 Å². The van der Waals surface area contributed by atoms with E-state index in [9.17, 15) is 0 Å². The molecule has 2 aromatic heterocycles. The van der Waals surface area contributed by atoms with Gasteiger partial charge in [0.2, 0.25) is 0 Å². The van der Waals surface area contributed by atoms with Crippen LogP contribution in [0.2, 0.25) is 23.3 Å². The monoisotopic (exact) mass is 516 g/mol. The van der Waals surface area contributed by atoms with Gasteiger partial charge in [-0.15, -0.1) is 0 Å². The van der Waals surface area contributed by atoms with Crippen molar-refractivity contribution in [3.05, 3.63) is 46.4 Å². The highest BCUT2D eigenvalue weighted by Crippen LogP contribution is 2.37. The molecule has 0 amide bonds. The zero-order chi connectivity index (χ0) is 26.0. The van der Waals surface area contributed by atoms with E-state index in [1.54, 1.807) is 0 Å². The van der Waals surface area contributed by atoms with Crippen molar-refractivity contribution in [1.82, 2.24) is 20.4 Å². The fourth-order valence-corrected chi connectivity index (χ4v) is 5.06. The van der Waals surface area contributed by atoms with Gasteiger partial charge in [0.05, 0.1) is 23.1 Å². The lowest BCUT2D eigenvalue weighted by Crippen LogP contribution is -2.47. The highest BCUT2D eigenvalue weighted by atomic mass is 35.5. The first-order chi connectivity index (χ1) is 16.3. The zero-order valence-electron chi connectivity index (χ0n) is 22.2. The molecule has 1 atom stereocenters. The molecule has 190 valence electrons. The average molecular weight is 517 g/mol. The van der Waals surface area contributed by atoms with Crippen LogP contribution < -0.4 is 10.1 Å². The van der Waals surface area contributed by atoms with Gasteiger partial charge >= 0.3 is 0 Å². The predicted octanol–water partition coefficient (Wildman–Crippen LogP) is 6.37. The van der Waals surface area contributed by atoms with Gasteiger partial charge in [-0.25, -0.2) is 9.97 Å². The molecule has 0 bridgehead atoms. The molecule has 0 saturated heterocycles. The van der Waals surface area contributed by atoms with E-state index in [4.69, 9.17) is 30.3 Å². The Morgan fingerprint density at radius 3 is 2.46 bits per heavy atom. The first-order valence-electron chi connectivity index (χ1n) is 11.9. The number of nitrogens with zero attached hydrogens (tertiary/aromatic N) is 3. The van der Waals surface area contributed by atoms with Crippen molar-refractivity contribution >= 4 is 19.9 Å². The van der Waals surface area contributed by atoms with Gasteiger partial charge in [-0.1, -0.05) is 49.7 Å². The molecule has 0 fully saturated rings. The minimum atomic E-state index is -1.93. The topological polar surface area (TPSA) is 82.3 Å². The Hall–Kier alpha value is -2.26. The molecule has 3 rings (SSSR count). The number of rotatable bonds is 9. The lowest BCUT2D eigenvalue weighted by molar-refractivity contribution is 0.115. The fraction of sp³-hybridized carbons (Fsp3) is 0.500. The molecule has 0 saturated carbocycles. The molecule has 1 aromatic carbocycles. The van der Waals surface area contributed by atoms with Crippen LogP contribution >= 0.6 is 11.6 Å². The molecule has 0 aliphatic carbocycles. The van der Waals surface area contributed by atoms with E-state index in [2.05, 4.69) is 49.3 Å². The molecule has 0 aliphatic rings. The van der Waals surface area contributed by atoms with Gasteiger partial charge in [-0.05, 0) is 58.1 Å². The summed E-state index contributed by atoms with van der Waals surface area (Å²) in [6.07, 6.45) is -0.0549. The molecule has 3 aromatic rings. The van der Waals surface area contributed by atoms with Gasteiger partial charge in [-0.2, -0.15) is 0 Å². The van der Waals surface area contributed by atoms with Crippen LogP contribution in [0.25, 0.3) is 22.6 Å². The average Bonchev–Trinajstić information content (AvgIpc) is 3.11. The Morgan fingerprint density at radius 2 is 1.86 bits per heavy atom. The molecule has 35 heavy (non-hydrogen) atoms. The van der Waals surface area contributed by atoms with Crippen molar-refractivity contribution in [1.29, 1.82) is 0 Å². The van der Waals surface area contributed by atoms with E-state index in [0.717, 1.165) is 33.8 Å². The number of hydrogen-bond donors (Lipinski definition) is 1. The summed E-state index contributed by atoms with van der Waals surface area (Å²) in [5.41, 5.74) is 3.93. The van der Waals surface area contributed by atoms with Gasteiger partial charge in [0.25, 0.3) is 0 Å². The van der Waals surface area contributed by atoms with Crippen molar-refractivity contribution in [3.63, 3.8) is 0 Å². The number of likely N-dealkylation sites (N-methyl/N-ethyl adjacent to an activating group) is 1. The Bertz CT molecular complexity index is 1150. The summed E-state index contributed by atoms with van der Waals surface area (Å²) in [7, 11) is -0.0000118. The second-order valence-electron chi connectivity index (χ2n) is 10.4. The molecule has 0 aliphatic heterocycles. The molecule has 0 radical (unpaired) electrons. The van der Waals surface area contributed by atoms with Gasteiger partial charge < -0.3 is 19.0 Å². The second-order valence-corrected chi connectivity index (χ2v) is 15.5. The first kappa shape index (κ1) is 27.3. The Balaban J connectivity index is 1.85. The summed E-state index contributed by atoms with van der Waals surface area (Å²) < 4.78 is 18.1. The predicted molar refractivity (Wildman–Crippen MR) is 144 cm³/mol. The number of ether oxygens (including phenoxy) is 1. The number of halogens is 1. The second kappa shape index (κ2) is 10.8. The standard InChI is InChI=1S/C26H37ClN4O3Si/c1-16-23(22-17(2)31-33-18(22)3)29-25(30-24(16)27)19-11-10-12-20(13-19)32-15-21(14-28-7)34-35(8,9)26(4,5)6/h10-13,21,28H,14-15H2,1-9H3. The number of aryl methyl sites for hydroxylation is 2. The third kappa shape index (κ3) is 6.30. The summed E-state index contributed by atoms with van der Waals surface area (Å²) in [5.74, 6) is 1.94. The molecular formula is C26H37ClN4O3Si. The van der Waals surface area contributed by atoms with Crippen LogP contribution in [0.1, 0.15) is 37.8 Å². The maximum atomic E-state index is 6.58. The fourth-order valence-electron chi connectivity index (χ4n) is 3.55. The van der Waals surface area contributed by atoms with Gasteiger partial charge in [0, 0.05) is 17.7 Å². The Labute approximate surface area is 214 Å². The molecule has 1 unspecified atom stereocenters. The third-order valence-corrected chi connectivity index (χ3v) is 11.5. The highest BCUT2D eigenvalue weighted by molar-refractivity contribution is 6.74. The molecule has 7 nitrogen and oxygen atoms in total. The number of benzene rings is 1. The summed E-state index contributed by atoms with van der Waals surface area (Å²) in [5, 5.41) is 7.81. The van der Waals surface area contributed by atoms with Crippen LogP contribution in [0.5, 0.6) is 5.75 Å². The van der Waals surface area contributed by atoms with E-state index >= 15 is 0 Å². The normalized spacial score (nSPS) is 13.2. The van der Waals surface area contributed by atoms with Crippen LogP contribution in [0.3, 0.4) is 0 Å². The third-order valence-electron chi connectivity index (χ3n) is 6.58. The largest absolute Gasteiger partial charge is 0.491 e. The SMILES string of the molecule is CNCC(COc1cccc(-c2nc(Cl)c(C)c(-c3c(C)noc3C)n2)c1)O[Si](C)(C)C(C)(C)C. The van der Waals surface area contributed by atoms with Crippen molar-refractivity contribution in [2.24, 2.45) is 0 Å². The molecule has 0 spiro atoms. The van der Waals surface area contributed by atoms with Crippen molar-refractivity contribution in [2.45, 2.75) is 65.8 Å². The van der Waals surface area contributed by atoms with Crippen molar-refractivity contribution < 1.29 is 13.7 Å². The quantitative estimate of drug-likeness (QED) is 0.261. The molecular weight excluding hydrogens is 480 g/mol. The van der Waals surface area contributed by atoms with E-state index in [1.165, 1.54) is 0 Å². The first-order valence-corrected chi connectivity index (χ1v) is 15.2. The van der Waals surface area contributed by atoms with Crippen LogP contribution in [0, 0.1) is 20.8 Å². The number of aromatic nitrogens is 3. The number of nitrogens with one attached hydrogen (secondary N) is 1. The molecule has 2 heterocycles. The van der Waals surface area contributed by atoms with Crippen LogP contribution in [-0.2, 0) is 4.43 Å². The van der Waals surface area contributed by atoms with Crippen LogP contribution in [0.4, 0.5) is 0 Å². The minimum absolute atomic E-state index is 0.0549. The zero-order valence-corrected chi connectivity index (χ0v) is 24.0. The van der Waals surface area contributed by atoms with Crippen molar-refractivity contribution in [2.75, 3.05) is 20.2 Å². The van der Waals surface area contributed by atoms with Crippen molar-refractivity contribution in [3.8, 4) is 28.4 Å². The Morgan fingerprint density at radius 1 is 1.14 bits per heavy atom. The highest BCUT2D eigenvalue weighted by Gasteiger charge is 2.39. The van der Waals surface area contributed by atoms with Crippen LogP contribution in [-0.4, -0.2) is 49.7 Å². The Kier molecular flexibility index (Phi) is 8.42. The minimum Gasteiger partial charge on any atom is -0.491 e. The molecule has 9 heteroatoms. The summed E-state index contributed by atoms with van der Waals surface area (Å²) in [6, 6.07) is 7.74. The van der Waals surface area contributed by atoms with Gasteiger partial charge in [0.15, 0.2) is 14.1 Å². The van der Waals surface area contributed by atoms with E-state index in [-0.39, 0.29) is 11.1 Å². The lowest BCUT2D eigenvalue weighted by Gasteiger charge is -2.39. The van der Waals surface area contributed by atoms with Gasteiger partial charge in [0.1, 0.15) is 23.3 Å². The van der Waals surface area contributed by atoms with E-state index in [1.807, 2.05) is 52.1 Å². The van der Waals surface area contributed by atoms with E-state index < -0.39 is 8.32 Å². The maximum absolute atomic E-state index is 6.58. The summed E-state index contributed by atoms with van der Waals surface area (Å²) in [4.78, 5) is 9.36.